The molecule has 0 amide bonds. The van der Waals surface area contributed by atoms with Crippen molar-refractivity contribution < 1.29 is 4.21 Å². The van der Waals surface area contributed by atoms with Gasteiger partial charge in [0, 0.05) is 12.3 Å². The second kappa shape index (κ2) is 2.71. The number of nitrogens with one attached hydrogen (secondary N) is 1. The topological polar surface area (TPSA) is 44.2 Å². The molecule has 0 aromatic carbocycles. The van der Waals surface area contributed by atoms with E-state index in [1.807, 2.05) is 0 Å². The molecular formula is C4H9IN2OS. The van der Waals surface area contributed by atoms with Gasteiger partial charge < -0.3 is 0 Å². The van der Waals surface area contributed by atoms with Crippen LogP contribution in [0.25, 0.3) is 0 Å². The summed E-state index contributed by atoms with van der Waals surface area (Å²) in [4.78, 5) is 0. The molecule has 1 aliphatic heterocycles. The number of hydrogen-bond acceptors (Lipinski definition) is 2. The molecule has 0 aromatic heterocycles. The zero-order chi connectivity index (χ0) is 6.91. The third-order valence-corrected chi connectivity index (χ3v) is 4.65. The number of halogens is 1. The van der Waals surface area contributed by atoms with Crippen LogP contribution < -0.4 is 0 Å². The monoisotopic (exact) mass is 260 g/mol. The summed E-state index contributed by atoms with van der Waals surface area (Å²) in [6.45, 7) is 0.839. The lowest BCUT2D eigenvalue weighted by Crippen LogP contribution is -2.22. The highest BCUT2D eigenvalue weighted by Gasteiger charge is 2.22. The summed E-state index contributed by atoms with van der Waals surface area (Å²) in [5, 5.41) is 0. The van der Waals surface area contributed by atoms with Crippen LogP contribution in [0.15, 0.2) is 0 Å². The van der Waals surface area contributed by atoms with E-state index in [1.54, 1.807) is 4.31 Å². The first kappa shape index (κ1) is 7.74. The Kier molecular flexibility index (Phi) is 2.33. The molecule has 1 atom stereocenters. The zero-order valence-electron chi connectivity index (χ0n) is 4.97. The minimum absolute atomic E-state index is 0.565. The van der Waals surface area contributed by atoms with Crippen molar-refractivity contribution in [2.75, 3.05) is 16.8 Å². The summed E-state index contributed by atoms with van der Waals surface area (Å²) in [5.41, 5.74) is 0. The number of hydrogen-bond donors (Lipinski definition) is 1. The van der Waals surface area contributed by atoms with Crippen molar-refractivity contribution in [3.8, 4) is 0 Å². The van der Waals surface area contributed by atoms with Gasteiger partial charge in [-0.05, 0) is 6.42 Å². The fraction of sp³-hybridized carbons (Fsp3) is 1.00. The first-order chi connectivity index (χ1) is 4.17. The maximum atomic E-state index is 11.1. The number of rotatable bonds is 1. The average Bonchev–Trinajstić information content (AvgIpc) is 2.08. The molecule has 9 heavy (non-hydrogen) atoms. The van der Waals surface area contributed by atoms with Gasteiger partial charge in [-0.25, -0.2) is 13.3 Å². The first-order valence-electron chi connectivity index (χ1n) is 2.74. The summed E-state index contributed by atoms with van der Waals surface area (Å²) >= 11 is 2.14. The Labute approximate surface area is 69.1 Å². The van der Waals surface area contributed by atoms with Gasteiger partial charge in [-0.15, -0.1) is 0 Å². The van der Waals surface area contributed by atoms with Crippen molar-refractivity contribution in [2.24, 2.45) is 0 Å². The second-order valence-electron chi connectivity index (χ2n) is 2.02. The van der Waals surface area contributed by atoms with E-state index in [0.717, 1.165) is 17.5 Å². The predicted molar refractivity (Wildman–Crippen MR) is 45.9 cm³/mol. The molecule has 0 aliphatic carbocycles. The number of alkyl halides is 1. The van der Waals surface area contributed by atoms with Gasteiger partial charge in [-0.1, -0.05) is 22.6 Å². The van der Waals surface area contributed by atoms with Crippen LogP contribution in [0.2, 0.25) is 0 Å². The minimum atomic E-state index is -2.31. The van der Waals surface area contributed by atoms with Gasteiger partial charge in [0.25, 0.3) is 0 Å². The molecule has 0 aromatic rings. The highest BCUT2D eigenvalue weighted by Crippen LogP contribution is 2.14. The summed E-state index contributed by atoms with van der Waals surface area (Å²) in [6, 6.07) is 0. The van der Waals surface area contributed by atoms with Gasteiger partial charge in [0.2, 0.25) is 0 Å². The summed E-state index contributed by atoms with van der Waals surface area (Å²) in [6.07, 6.45) is 0.922. The van der Waals surface area contributed by atoms with Gasteiger partial charge in [-0.2, -0.15) is 0 Å². The van der Waals surface area contributed by atoms with Crippen LogP contribution in [-0.2, 0) is 9.92 Å². The Bertz CT molecular complexity index is 189. The smallest absolute Gasteiger partial charge is 0.108 e. The molecule has 1 unspecified atom stereocenters. The van der Waals surface area contributed by atoms with Crippen LogP contribution in [0.3, 0.4) is 0 Å². The Balaban J connectivity index is 2.75. The van der Waals surface area contributed by atoms with E-state index < -0.39 is 9.92 Å². The molecule has 3 nitrogen and oxygen atoms in total. The van der Waals surface area contributed by atoms with Crippen molar-refractivity contribution >= 4 is 32.5 Å². The van der Waals surface area contributed by atoms with Gasteiger partial charge in [0.05, 0.1) is 4.55 Å². The molecule has 0 spiro atoms. The molecule has 54 valence electrons. The Morgan fingerprint density at radius 1 is 1.78 bits per heavy atom. The zero-order valence-corrected chi connectivity index (χ0v) is 7.94. The van der Waals surface area contributed by atoms with Crippen molar-refractivity contribution in [1.29, 1.82) is 4.78 Å². The molecule has 0 bridgehead atoms. The highest BCUT2D eigenvalue weighted by molar-refractivity contribution is 14.1. The molecule has 5 heteroatoms. The van der Waals surface area contributed by atoms with E-state index in [2.05, 4.69) is 22.6 Å². The first-order valence-corrected chi connectivity index (χ1v) is 5.95. The quantitative estimate of drug-likeness (QED) is 0.427. The van der Waals surface area contributed by atoms with E-state index in [1.165, 1.54) is 0 Å². The molecule has 1 saturated heterocycles. The van der Waals surface area contributed by atoms with Crippen molar-refractivity contribution in [3.05, 3.63) is 0 Å². The lowest BCUT2D eigenvalue weighted by Gasteiger charge is -2.11. The average molecular weight is 260 g/mol. The van der Waals surface area contributed by atoms with E-state index >= 15 is 0 Å². The molecule has 0 radical (unpaired) electrons. The summed E-state index contributed by atoms with van der Waals surface area (Å²) in [7, 11) is -2.31. The van der Waals surface area contributed by atoms with Crippen LogP contribution in [0.5, 0.6) is 0 Å². The van der Waals surface area contributed by atoms with Crippen LogP contribution in [0.1, 0.15) is 6.42 Å². The molecule has 1 fully saturated rings. The Morgan fingerprint density at radius 2 is 2.44 bits per heavy atom. The largest absolute Gasteiger partial charge is 0.240 e. The van der Waals surface area contributed by atoms with E-state index in [0.29, 0.717) is 5.75 Å². The molecule has 1 aliphatic rings. The maximum Gasteiger partial charge on any atom is 0.108 e. The maximum absolute atomic E-state index is 11.1. The Hall–Kier alpha value is 0.640. The summed E-state index contributed by atoms with van der Waals surface area (Å²) < 4.78 is 20.9. The van der Waals surface area contributed by atoms with Gasteiger partial charge in [0.1, 0.15) is 9.92 Å². The number of nitrogens with zero attached hydrogens (tertiary/aromatic N) is 1. The third kappa shape index (κ3) is 1.56. The second-order valence-corrected chi connectivity index (χ2v) is 4.91. The van der Waals surface area contributed by atoms with Crippen molar-refractivity contribution in [2.45, 2.75) is 6.42 Å². The lowest BCUT2D eigenvalue weighted by atomic mass is 10.5. The van der Waals surface area contributed by atoms with Gasteiger partial charge >= 0.3 is 0 Å². The fourth-order valence-electron chi connectivity index (χ4n) is 0.852. The van der Waals surface area contributed by atoms with E-state index in [9.17, 15) is 4.21 Å². The van der Waals surface area contributed by atoms with Crippen molar-refractivity contribution in [1.82, 2.24) is 4.31 Å². The highest BCUT2D eigenvalue weighted by atomic mass is 127. The normalized spacial score (nSPS) is 37.4. The molecule has 1 heterocycles. The van der Waals surface area contributed by atoms with Crippen LogP contribution in [0, 0.1) is 4.78 Å². The standard InChI is InChI=1S/C4H9IN2OS/c5-4-7-2-1-3-9(7,6)8/h6H,1-4H2. The molecular weight excluding hydrogens is 251 g/mol. The van der Waals surface area contributed by atoms with E-state index in [4.69, 9.17) is 4.78 Å². The van der Waals surface area contributed by atoms with E-state index in [-0.39, 0.29) is 0 Å². The fourth-order valence-corrected chi connectivity index (χ4v) is 3.90. The molecule has 0 saturated carbocycles. The SMILES string of the molecule is N=S1(=O)CCCN1CI. The third-order valence-electron chi connectivity index (χ3n) is 1.38. The van der Waals surface area contributed by atoms with Crippen LogP contribution in [-0.4, -0.2) is 25.4 Å². The van der Waals surface area contributed by atoms with Gasteiger partial charge in [-0.3, -0.25) is 0 Å². The minimum Gasteiger partial charge on any atom is -0.240 e. The van der Waals surface area contributed by atoms with Gasteiger partial charge in [0.15, 0.2) is 0 Å². The molecule has 1 rings (SSSR count). The summed E-state index contributed by atoms with van der Waals surface area (Å²) in [5.74, 6) is 0.565. The van der Waals surface area contributed by atoms with Crippen molar-refractivity contribution in [3.63, 3.8) is 0 Å². The van der Waals surface area contributed by atoms with Crippen LogP contribution in [0.4, 0.5) is 0 Å². The van der Waals surface area contributed by atoms with Crippen LogP contribution >= 0.6 is 22.6 Å². The Morgan fingerprint density at radius 3 is 2.67 bits per heavy atom. The molecule has 1 N–H and O–H groups in total. The predicted octanol–water partition coefficient (Wildman–Crippen LogP) is 1.05. The lowest BCUT2D eigenvalue weighted by molar-refractivity contribution is 0.545.